The number of likely N-dealkylation sites (N-methyl/N-ethyl adjacent to an activating group) is 2. The minimum absolute atomic E-state index is 0. The third-order valence-corrected chi connectivity index (χ3v) is 3.99. The van der Waals surface area contributed by atoms with Crippen molar-refractivity contribution >= 4 is 24.3 Å². The van der Waals surface area contributed by atoms with E-state index in [-0.39, 0.29) is 30.9 Å². The molecular weight excluding hydrogens is 280 g/mol. The zero-order chi connectivity index (χ0) is 13.8. The van der Waals surface area contributed by atoms with E-state index < -0.39 is 0 Å². The molecule has 6 nitrogen and oxygen atoms in total. The highest BCUT2D eigenvalue weighted by Crippen LogP contribution is 2.12. The lowest BCUT2D eigenvalue weighted by Crippen LogP contribution is -2.44. The lowest BCUT2D eigenvalue weighted by Gasteiger charge is -2.28. The highest BCUT2D eigenvalue weighted by atomic mass is 35.5. The van der Waals surface area contributed by atoms with E-state index in [1.165, 1.54) is 12.8 Å². The molecule has 2 saturated heterocycles. The van der Waals surface area contributed by atoms with Gasteiger partial charge in [-0.1, -0.05) is 0 Å². The molecule has 0 aromatic heterocycles. The Labute approximate surface area is 126 Å². The predicted octanol–water partition coefficient (Wildman–Crippen LogP) is 0.234. The maximum atomic E-state index is 12.1. The topological polar surface area (TPSA) is 55.9 Å². The quantitative estimate of drug-likeness (QED) is 0.809. The molecule has 0 aliphatic carbocycles. The third kappa shape index (κ3) is 4.24. The number of halogens is 1. The molecule has 2 rings (SSSR count). The van der Waals surface area contributed by atoms with Crippen molar-refractivity contribution in [1.82, 2.24) is 20.0 Å². The highest BCUT2D eigenvalue weighted by Gasteiger charge is 2.28. The maximum Gasteiger partial charge on any atom is 0.320 e. The van der Waals surface area contributed by atoms with Crippen LogP contribution >= 0.6 is 12.4 Å². The Kier molecular flexibility index (Phi) is 6.55. The summed E-state index contributed by atoms with van der Waals surface area (Å²) in [5.41, 5.74) is 0. The Morgan fingerprint density at radius 3 is 2.75 bits per heavy atom. The molecule has 0 bridgehead atoms. The number of nitrogens with zero attached hydrogens (tertiary/aromatic N) is 3. The van der Waals surface area contributed by atoms with Gasteiger partial charge in [0.1, 0.15) is 6.54 Å². The number of nitrogens with one attached hydrogen (secondary N) is 1. The summed E-state index contributed by atoms with van der Waals surface area (Å²) in [6.45, 7) is 4.43. The second kappa shape index (κ2) is 7.69. The first-order chi connectivity index (χ1) is 9.08. The van der Waals surface area contributed by atoms with E-state index in [1.54, 1.807) is 21.7 Å². The van der Waals surface area contributed by atoms with Crippen molar-refractivity contribution in [1.29, 1.82) is 0 Å². The van der Waals surface area contributed by atoms with Crippen LogP contribution in [-0.4, -0.2) is 80.0 Å². The summed E-state index contributed by atoms with van der Waals surface area (Å²) in [6, 6.07) is -0.0407. The molecule has 0 radical (unpaired) electrons. The molecule has 116 valence electrons. The van der Waals surface area contributed by atoms with Gasteiger partial charge in [0.2, 0.25) is 5.91 Å². The van der Waals surface area contributed by atoms with Crippen LogP contribution in [0.15, 0.2) is 0 Å². The summed E-state index contributed by atoms with van der Waals surface area (Å²) in [6.07, 6.45) is 2.36. The summed E-state index contributed by atoms with van der Waals surface area (Å²) < 4.78 is 0. The molecule has 0 aromatic rings. The predicted molar refractivity (Wildman–Crippen MR) is 80.1 cm³/mol. The van der Waals surface area contributed by atoms with Crippen LogP contribution in [0.4, 0.5) is 4.79 Å². The number of hydrogen-bond donors (Lipinski definition) is 1. The average Bonchev–Trinajstić information content (AvgIpc) is 2.72. The van der Waals surface area contributed by atoms with Crippen molar-refractivity contribution in [3.63, 3.8) is 0 Å². The largest absolute Gasteiger partial charge is 0.344 e. The molecule has 2 fully saturated rings. The maximum absolute atomic E-state index is 12.1. The summed E-state index contributed by atoms with van der Waals surface area (Å²) in [5.74, 6) is 0.578. The van der Waals surface area contributed by atoms with Crippen LogP contribution in [0.2, 0.25) is 0 Å². The summed E-state index contributed by atoms with van der Waals surface area (Å²) >= 11 is 0. The molecule has 2 heterocycles. The molecule has 1 unspecified atom stereocenters. The first-order valence-corrected chi connectivity index (χ1v) is 7.02. The molecule has 2 aliphatic heterocycles. The Balaban J connectivity index is 0.00000200. The first-order valence-electron chi connectivity index (χ1n) is 7.02. The Bertz CT molecular complexity index is 347. The van der Waals surface area contributed by atoms with Crippen LogP contribution in [0.25, 0.3) is 0 Å². The van der Waals surface area contributed by atoms with E-state index in [0.29, 0.717) is 19.0 Å². The van der Waals surface area contributed by atoms with Gasteiger partial charge in [0.05, 0.1) is 0 Å². The molecular formula is C13H25ClN4O2. The van der Waals surface area contributed by atoms with E-state index in [1.807, 2.05) is 7.05 Å². The van der Waals surface area contributed by atoms with Crippen molar-refractivity contribution in [3.8, 4) is 0 Å². The van der Waals surface area contributed by atoms with Gasteiger partial charge in [0, 0.05) is 33.7 Å². The zero-order valence-electron chi connectivity index (χ0n) is 12.3. The number of carbonyl (C=O) groups excluding carboxylic acids is 2. The number of piperidine rings is 1. The van der Waals surface area contributed by atoms with E-state index in [4.69, 9.17) is 0 Å². The second-order valence-electron chi connectivity index (χ2n) is 5.61. The molecule has 0 aromatic carbocycles. The number of rotatable bonds is 4. The van der Waals surface area contributed by atoms with Gasteiger partial charge in [-0.25, -0.2) is 4.79 Å². The van der Waals surface area contributed by atoms with Gasteiger partial charge in [-0.05, 0) is 31.8 Å². The van der Waals surface area contributed by atoms with Crippen molar-refractivity contribution < 1.29 is 9.59 Å². The van der Waals surface area contributed by atoms with Crippen LogP contribution in [0.3, 0.4) is 0 Å². The molecule has 7 heteroatoms. The fraction of sp³-hybridized carbons (Fsp3) is 0.846. The summed E-state index contributed by atoms with van der Waals surface area (Å²) in [4.78, 5) is 28.9. The van der Waals surface area contributed by atoms with Crippen LogP contribution in [-0.2, 0) is 4.79 Å². The fourth-order valence-electron chi connectivity index (χ4n) is 2.70. The SMILES string of the molecule is CN(CC1CCCNC1)C(=O)CN1CCN(C)C1=O.Cl. The number of carbonyl (C=O) groups is 2. The molecule has 2 aliphatic rings. The standard InChI is InChI=1S/C13H24N4O2.ClH/c1-15-6-7-17(13(15)19)10-12(18)16(2)9-11-4-3-5-14-8-11;/h11,14H,3-10H2,1-2H3;1H. The molecule has 0 saturated carbocycles. The second-order valence-corrected chi connectivity index (χ2v) is 5.61. The van der Waals surface area contributed by atoms with Gasteiger partial charge < -0.3 is 20.0 Å². The number of urea groups is 1. The van der Waals surface area contributed by atoms with Crippen molar-refractivity contribution in [3.05, 3.63) is 0 Å². The lowest BCUT2D eigenvalue weighted by atomic mass is 9.99. The van der Waals surface area contributed by atoms with Crippen molar-refractivity contribution in [2.24, 2.45) is 5.92 Å². The third-order valence-electron chi connectivity index (χ3n) is 3.99. The first kappa shape index (κ1) is 17.0. The Morgan fingerprint density at radius 2 is 2.20 bits per heavy atom. The normalized spacial score (nSPS) is 22.7. The molecule has 0 spiro atoms. The van der Waals surface area contributed by atoms with E-state index >= 15 is 0 Å². The number of hydrogen-bond acceptors (Lipinski definition) is 3. The molecule has 1 N–H and O–H groups in total. The fourth-order valence-corrected chi connectivity index (χ4v) is 2.70. The minimum Gasteiger partial charge on any atom is -0.344 e. The Morgan fingerprint density at radius 1 is 1.45 bits per heavy atom. The van der Waals surface area contributed by atoms with Crippen LogP contribution in [0.5, 0.6) is 0 Å². The monoisotopic (exact) mass is 304 g/mol. The van der Waals surface area contributed by atoms with Gasteiger partial charge in [-0.3, -0.25) is 4.79 Å². The summed E-state index contributed by atoms with van der Waals surface area (Å²) in [7, 11) is 3.60. The van der Waals surface area contributed by atoms with E-state index in [2.05, 4.69) is 5.32 Å². The van der Waals surface area contributed by atoms with Gasteiger partial charge >= 0.3 is 6.03 Å². The smallest absolute Gasteiger partial charge is 0.320 e. The minimum atomic E-state index is -0.0407. The van der Waals surface area contributed by atoms with E-state index in [0.717, 1.165) is 19.6 Å². The van der Waals surface area contributed by atoms with Gasteiger partial charge in [-0.2, -0.15) is 0 Å². The van der Waals surface area contributed by atoms with Crippen LogP contribution in [0, 0.1) is 5.92 Å². The van der Waals surface area contributed by atoms with Gasteiger partial charge in [0.25, 0.3) is 0 Å². The zero-order valence-corrected chi connectivity index (χ0v) is 13.1. The number of amides is 3. The van der Waals surface area contributed by atoms with Crippen LogP contribution < -0.4 is 5.32 Å². The van der Waals surface area contributed by atoms with Crippen molar-refractivity contribution in [2.45, 2.75) is 12.8 Å². The molecule has 20 heavy (non-hydrogen) atoms. The van der Waals surface area contributed by atoms with Gasteiger partial charge in [0.15, 0.2) is 0 Å². The molecule has 3 amide bonds. The lowest BCUT2D eigenvalue weighted by molar-refractivity contribution is -0.131. The molecule has 1 atom stereocenters. The van der Waals surface area contributed by atoms with E-state index in [9.17, 15) is 9.59 Å². The van der Waals surface area contributed by atoms with Gasteiger partial charge in [-0.15, -0.1) is 12.4 Å². The highest BCUT2D eigenvalue weighted by molar-refractivity contribution is 5.85. The Hall–Kier alpha value is -1.01. The average molecular weight is 305 g/mol. The summed E-state index contributed by atoms with van der Waals surface area (Å²) in [5, 5.41) is 3.36. The van der Waals surface area contributed by atoms with Crippen molar-refractivity contribution in [2.75, 3.05) is 53.4 Å². The van der Waals surface area contributed by atoms with Crippen LogP contribution in [0.1, 0.15) is 12.8 Å².